The summed E-state index contributed by atoms with van der Waals surface area (Å²) in [5.74, 6) is 0. The Balaban J connectivity index is -0.000000142. The van der Waals surface area contributed by atoms with Gasteiger partial charge < -0.3 is 12.2 Å². The topological polar surface area (TPSA) is 14.1 Å². The average molecular weight is 182 g/mol. The van der Waals surface area contributed by atoms with Gasteiger partial charge in [-0.3, -0.25) is 0 Å². The van der Waals surface area contributed by atoms with Crippen molar-refractivity contribution in [2.24, 2.45) is 0 Å². The van der Waals surface area contributed by atoms with Gasteiger partial charge in [0.25, 0.3) is 0 Å². The molecule has 0 aromatic heterocycles. The van der Waals surface area contributed by atoms with Gasteiger partial charge in [0.2, 0.25) is 0 Å². The van der Waals surface area contributed by atoms with Gasteiger partial charge in [-0.15, -0.1) is 12.1 Å². The summed E-state index contributed by atoms with van der Waals surface area (Å²) in [5, 5.41) is 4.28. The molecule has 0 unspecified atom stereocenters. The predicted molar refractivity (Wildman–Crippen MR) is 59.7 cm³/mol. The summed E-state index contributed by atoms with van der Waals surface area (Å²) < 4.78 is 0. The zero-order chi connectivity index (χ0) is 9.28. The third-order valence-electron chi connectivity index (χ3n) is 0.950. The van der Waals surface area contributed by atoms with E-state index in [1.165, 1.54) is 6.42 Å². The molecule has 70 valence electrons. The molecule has 0 saturated heterocycles. The minimum Gasteiger partial charge on any atom is -0.658 e. The average Bonchev–Trinajstić information content (AvgIpc) is 1.85. The summed E-state index contributed by atoms with van der Waals surface area (Å²) in [6.45, 7) is 14.1. The van der Waals surface area contributed by atoms with Crippen LogP contribution in [0.15, 0.2) is 0 Å². The number of rotatable bonds is 3. The molecule has 0 rings (SSSR count). The Hall–Kier alpha value is 0.726. The van der Waals surface area contributed by atoms with E-state index in [1.807, 2.05) is 0 Å². The van der Waals surface area contributed by atoms with E-state index in [0.717, 1.165) is 6.42 Å². The van der Waals surface area contributed by atoms with Gasteiger partial charge >= 0.3 is 23.1 Å². The molecule has 12 heavy (non-hydrogen) atoms. The zero-order valence-corrected chi connectivity index (χ0v) is 10.8. The molecule has 0 aliphatic rings. The van der Waals surface area contributed by atoms with Crippen molar-refractivity contribution < 1.29 is 0 Å². The van der Waals surface area contributed by atoms with Gasteiger partial charge in [-0.2, -0.15) is 6.42 Å². The van der Waals surface area contributed by atoms with Crippen molar-refractivity contribution in [2.45, 2.75) is 59.5 Å². The van der Waals surface area contributed by atoms with Crippen LogP contribution in [0, 0.1) is 6.92 Å². The Bertz CT molecular complexity index is 54.9. The van der Waals surface area contributed by atoms with Gasteiger partial charge in [-0.05, 0) is 0 Å². The van der Waals surface area contributed by atoms with Crippen LogP contribution in [0.2, 0.25) is 0 Å². The van der Waals surface area contributed by atoms with Gasteiger partial charge in [0, 0.05) is 0 Å². The number of nitrogens with zero attached hydrogens (tertiary/aromatic N) is 1. The van der Waals surface area contributed by atoms with E-state index >= 15 is 0 Å². The fourth-order valence-corrected chi connectivity index (χ4v) is 0.596. The second-order valence-corrected chi connectivity index (χ2v) is 3.19. The number of hydrogen-bond acceptors (Lipinski definition) is 0. The van der Waals surface area contributed by atoms with Crippen molar-refractivity contribution in [3.63, 3.8) is 0 Å². The maximum atomic E-state index is 4.28. The Morgan fingerprint density at radius 1 is 1.08 bits per heavy atom. The van der Waals surface area contributed by atoms with E-state index in [0.29, 0.717) is 12.1 Å². The smallest absolute Gasteiger partial charge is 0.658 e. The van der Waals surface area contributed by atoms with Crippen LogP contribution >= 0.6 is 0 Å². The fraction of sp³-hybridized carbons (Fsp3) is 0.900. The van der Waals surface area contributed by atoms with Gasteiger partial charge in [-0.1, -0.05) is 41.0 Å². The third kappa shape index (κ3) is 30.9. The molecule has 0 spiro atoms. The van der Waals surface area contributed by atoms with Crippen molar-refractivity contribution in [2.75, 3.05) is 0 Å². The van der Waals surface area contributed by atoms with Gasteiger partial charge in [0.15, 0.2) is 0 Å². The third-order valence-corrected chi connectivity index (χ3v) is 0.950. The molecule has 0 atom stereocenters. The largest absolute Gasteiger partial charge is 2.00 e. The first kappa shape index (κ1) is 18.5. The SMILES string of the molecule is CC(C)[N-]C(C)C.[CH2-]CCC.[Mg+2]. The predicted octanol–water partition coefficient (Wildman–Crippen LogP) is 3.42. The summed E-state index contributed by atoms with van der Waals surface area (Å²) in [7, 11) is 0. The molecule has 0 amide bonds. The zero-order valence-electron chi connectivity index (χ0n) is 9.43. The van der Waals surface area contributed by atoms with Crippen LogP contribution < -0.4 is 0 Å². The van der Waals surface area contributed by atoms with Crippen molar-refractivity contribution in [3.8, 4) is 0 Å². The number of unbranched alkanes of at least 4 members (excludes halogenated alkanes) is 1. The molecule has 2 heteroatoms. The Morgan fingerprint density at radius 3 is 1.33 bits per heavy atom. The molecule has 0 aliphatic carbocycles. The summed E-state index contributed by atoms with van der Waals surface area (Å²) >= 11 is 0. The molecule has 0 aromatic carbocycles. The molecular formula is C10H23MgN. The van der Waals surface area contributed by atoms with Crippen molar-refractivity contribution >= 4 is 23.1 Å². The molecule has 0 aliphatic heterocycles. The first-order valence-corrected chi connectivity index (χ1v) is 4.53. The van der Waals surface area contributed by atoms with Gasteiger partial charge in [0.1, 0.15) is 0 Å². The summed E-state index contributed by atoms with van der Waals surface area (Å²) in [4.78, 5) is 0. The monoisotopic (exact) mass is 181 g/mol. The van der Waals surface area contributed by atoms with Crippen LogP contribution in [0.25, 0.3) is 5.32 Å². The second-order valence-electron chi connectivity index (χ2n) is 3.19. The van der Waals surface area contributed by atoms with Crippen molar-refractivity contribution in [1.82, 2.24) is 0 Å². The van der Waals surface area contributed by atoms with E-state index in [-0.39, 0.29) is 23.1 Å². The minimum atomic E-state index is 0. The standard InChI is InChI=1S/C6H14N.C4H9.Mg/c1-5(2)7-6(3)4;1-3-4-2;/h5-6H,1-4H3;1,3-4H2,2H3;/q2*-1;+2. The molecule has 0 aromatic rings. The molecule has 0 saturated carbocycles. The quantitative estimate of drug-likeness (QED) is 0.468. The van der Waals surface area contributed by atoms with Crippen LogP contribution in [-0.4, -0.2) is 35.1 Å². The second kappa shape index (κ2) is 14.3. The molecule has 1 nitrogen and oxygen atoms in total. The van der Waals surface area contributed by atoms with E-state index in [1.54, 1.807) is 0 Å². The summed E-state index contributed by atoms with van der Waals surface area (Å²) in [6.07, 6.45) is 2.28. The summed E-state index contributed by atoms with van der Waals surface area (Å²) in [6, 6.07) is 1.000. The van der Waals surface area contributed by atoms with E-state index < -0.39 is 0 Å². The molecule has 0 bridgehead atoms. The van der Waals surface area contributed by atoms with Crippen LogP contribution in [0.5, 0.6) is 0 Å². The Labute approximate surface area is 94.8 Å². The first-order chi connectivity index (χ1) is 5.04. The fourth-order valence-electron chi connectivity index (χ4n) is 0.596. The normalized spacial score (nSPS) is 9.00. The van der Waals surface area contributed by atoms with Crippen LogP contribution in [0.3, 0.4) is 0 Å². The van der Waals surface area contributed by atoms with Crippen LogP contribution in [-0.2, 0) is 0 Å². The molecule has 0 heterocycles. The van der Waals surface area contributed by atoms with Crippen LogP contribution in [0.4, 0.5) is 0 Å². The maximum Gasteiger partial charge on any atom is 2.00 e. The number of hydrogen-bond donors (Lipinski definition) is 0. The molecular weight excluding hydrogens is 158 g/mol. The molecule has 0 N–H and O–H groups in total. The van der Waals surface area contributed by atoms with Crippen LogP contribution in [0.1, 0.15) is 47.5 Å². The Morgan fingerprint density at radius 2 is 1.33 bits per heavy atom. The van der Waals surface area contributed by atoms with E-state index in [9.17, 15) is 0 Å². The van der Waals surface area contributed by atoms with E-state index in [2.05, 4.69) is 46.9 Å². The Kier molecular flexibility index (Phi) is 22.0. The minimum absolute atomic E-state index is 0. The van der Waals surface area contributed by atoms with Gasteiger partial charge in [0.05, 0.1) is 0 Å². The van der Waals surface area contributed by atoms with E-state index in [4.69, 9.17) is 0 Å². The van der Waals surface area contributed by atoms with Crippen molar-refractivity contribution in [1.29, 1.82) is 0 Å². The van der Waals surface area contributed by atoms with Gasteiger partial charge in [-0.25, -0.2) is 0 Å². The molecule has 0 fully saturated rings. The molecule has 0 radical (unpaired) electrons. The summed E-state index contributed by atoms with van der Waals surface area (Å²) in [5.41, 5.74) is 0. The first-order valence-electron chi connectivity index (χ1n) is 4.53. The van der Waals surface area contributed by atoms with Crippen molar-refractivity contribution in [3.05, 3.63) is 12.2 Å². The maximum absolute atomic E-state index is 4.28.